The van der Waals surface area contributed by atoms with Crippen LogP contribution >= 0.6 is 0 Å². The van der Waals surface area contributed by atoms with E-state index in [1.165, 1.54) is 5.56 Å². The third-order valence-corrected chi connectivity index (χ3v) is 4.19. The van der Waals surface area contributed by atoms with Crippen LogP contribution in [-0.2, 0) is 6.54 Å². The first-order chi connectivity index (χ1) is 11.7. The van der Waals surface area contributed by atoms with E-state index >= 15 is 0 Å². The van der Waals surface area contributed by atoms with Gasteiger partial charge in [0.25, 0.3) is 0 Å². The molecular formula is C19H23N5. The van der Waals surface area contributed by atoms with Crippen molar-refractivity contribution in [2.75, 3.05) is 5.32 Å². The molecule has 0 saturated heterocycles. The summed E-state index contributed by atoms with van der Waals surface area (Å²) in [6.07, 6.45) is 5.07. The number of guanidine groups is 1. The number of benzene rings is 1. The highest BCUT2D eigenvalue weighted by atomic mass is 15.1. The molecule has 0 aliphatic heterocycles. The molecule has 3 N–H and O–H groups in total. The maximum atomic E-state index is 5.98. The van der Waals surface area contributed by atoms with E-state index in [0.29, 0.717) is 18.4 Å². The van der Waals surface area contributed by atoms with Crippen LogP contribution in [0.25, 0.3) is 5.65 Å². The van der Waals surface area contributed by atoms with Crippen LogP contribution in [-0.4, -0.2) is 15.3 Å². The van der Waals surface area contributed by atoms with Gasteiger partial charge < -0.3 is 15.5 Å². The second kappa shape index (κ2) is 7.17. The van der Waals surface area contributed by atoms with Gasteiger partial charge in [-0.1, -0.05) is 32.0 Å². The first kappa shape index (κ1) is 16.1. The Kier molecular flexibility index (Phi) is 4.79. The second-order valence-electron chi connectivity index (χ2n) is 5.96. The van der Waals surface area contributed by atoms with E-state index in [2.05, 4.69) is 41.3 Å². The number of nitrogens with zero attached hydrogens (tertiary/aromatic N) is 3. The molecule has 0 saturated carbocycles. The molecule has 1 atom stereocenters. The van der Waals surface area contributed by atoms with Crippen LogP contribution in [0.1, 0.15) is 37.4 Å². The molecule has 0 amide bonds. The standard InChI is InChI=1S/C19H23N5/c1-3-14(2)15-7-9-16(10-8-15)23-19(20)21-12-17-13-24-11-5-4-6-18(24)22-17/h4-11,13-14H,3,12H2,1-2H3,(H3,20,21,23). The Hall–Kier alpha value is -2.82. The van der Waals surface area contributed by atoms with Crippen molar-refractivity contribution < 1.29 is 0 Å². The first-order valence-corrected chi connectivity index (χ1v) is 8.25. The van der Waals surface area contributed by atoms with Crippen LogP contribution in [0.3, 0.4) is 0 Å². The zero-order chi connectivity index (χ0) is 16.9. The van der Waals surface area contributed by atoms with Gasteiger partial charge in [0.2, 0.25) is 0 Å². The predicted molar refractivity (Wildman–Crippen MR) is 99.3 cm³/mol. The number of hydrogen-bond donors (Lipinski definition) is 2. The highest BCUT2D eigenvalue weighted by molar-refractivity contribution is 5.92. The lowest BCUT2D eigenvalue weighted by Gasteiger charge is -2.10. The van der Waals surface area contributed by atoms with Gasteiger partial charge in [0.05, 0.1) is 12.2 Å². The topological polar surface area (TPSA) is 67.7 Å². The summed E-state index contributed by atoms with van der Waals surface area (Å²) in [6, 6.07) is 14.2. The minimum absolute atomic E-state index is 0.392. The van der Waals surface area contributed by atoms with E-state index in [0.717, 1.165) is 23.4 Å². The number of rotatable bonds is 5. The maximum absolute atomic E-state index is 5.98. The van der Waals surface area contributed by atoms with Crippen LogP contribution in [0.2, 0.25) is 0 Å². The third-order valence-electron chi connectivity index (χ3n) is 4.19. The molecule has 2 aromatic heterocycles. The van der Waals surface area contributed by atoms with Gasteiger partial charge in [-0.05, 0) is 42.2 Å². The molecule has 5 heteroatoms. The van der Waals surface area contributed by atoms with Gasteiger partial charge in [-0.15, -0.1) is 0 Å². The molecule has 5 nitrogen and oxygen atoms in total. The zero-order valence-electron chi connectivity index (χ0n) is 14.1. The molecule has 1 unspecified atom stereocenters. The second-order valence-corrected chi connectivity index (χ2v) is 5.96. The molecule has 124 valence electrons. The fourth-order valence-electron chi connectivity index (χ4n) is 2.55. The summed E-state index contributed by atoms with van der Waals surface area (Å²) in [5.41, 5.74) is 10.1. The number of nitrogens with one attached hydrogen (secondary N) is 1. The number of imidazole rings is 1. The van der Waals surface area contributed by atoms with E-state index in [1.807, 2.05) is 47.1 Å². The molecule has 2 heterocycles. The highest BCUT2D eigenvalue weighted by Crippen LogP contribution is 2.20. The molecule has 0 aliphatic rings. The summed E-state index contributed by atoms with van der Waals surface area (Å²) in [5, 5.41) is 3.12. The lowest BCUT2D eigenvalue weighted by molar-refractivity contribution is 0.734. The minimum atomic E-state index is 0.392. The van der Waals surface area contributed by atoms with Gasteiger partial charge in [-0.25, -0.2) is 9.98 Å². The van der Waals surface area contributed by atoms with Gasteiger partial charge in [0, 0.05) is 18.1 Å². The van der Waals surface area contributed by atoms with Crippen LogP contribution in [0.5, 0.6) is 0 Å². The van der Waals surface area contributed by atoms with Gasteiger partial charge in [0.1, 0.15) is 5.65 Å². The van der Waals surface area contributed by atoms with Gasteiger partial charge in [-0.3, -0.25) is 0 Å². The number of anilines is 1. The minimum Gasteiger partial charge on any atom is -0.370 e. The SMILES string of the molecule is CCC(C)c1ccc(NC(N)=NCc2cn3ccccc3n2)cc1. The normalized spacial score (nSPS) is 13.2. The van der Waals surface area contributed by atoms with E-state index in [1.54, 1.807) is 0 Å². The van der Waals surface area contributed by atoms with E-state index in [-0.39, 0.29) is 0 Å². The molecule has 0 aliphatic carbocycles. The summed E-state index contributed by atoms with van der Waals surface area (Å²) >= 11 is 0. The molecule has 0 fully saturated rings. The fraction of sp³-hybridized carbons (Fsp3) is 0.263. The largest absolute Gasteiger partial charge is 0.370 e. The van der Waals surface area contributed by atoms with E-state index < -0.39 is 0 Å². The Morgan fingerprint density at radius 3 is 2.75 bits per heavy atom. The number of pyridine rings is 1. The van der Waals surface area contributed by atoms with Crippen LogP contribution < -0.4 is 11.1 Å². The van der Waals surface area contributed by atoms with Crippen molar-refractivity contribution in [3.63, 3.8) is 0 Å². The average Bonchev–Trinajstić information content (AvgIpc) is 3.03. The molecule has 0 radical (unpaired) electrons. The van der Waals surface area contributed by atoms with Crippen molar-refractivity contribution in [3.8, 4) is 0 Å². The number of fused-ring (bicyclic) bond motifs is 1. The van der Waals surface area contributed by atoms with Gasteiger partial charge in [-0.2, -0.15) is 0 Å². The smallest absolute Gasteiger partial charge is 0.193 e. The summed E-state index contributed by atoms with van der Waals surface area (Å²) in [5.74, 6) is 0.962. The Bertz CT molecular complexity index is 799. The molecule has 0 bridgehead atoms. The van der Waals surface area contributed by atoms with Gasteiger partial charge >= 0.3 is 0 Å². The Morgan fingerprint density at radius 1 is 1.25 bits per heavy atom. The maximum Gasteiger partial charge on any atom is 0.193 e. The lowest BCUT2D eigenvalue weighted by atomic mass is 9.99. The Balaban J connectivity index is 1.63. The molecular weight excluding hydrogens is 298 g/mol. The number of aromatic nitrogens is 2. The predicted octanol–water partition coefficient (Wildman–Crippen LogP) is 3.77. The number of hydrogen-bond acceptors (Lipinski definition) is 2. The molecule has 3 aromatic rings. The van der Waals surface area contributed by atoms with E-state index in [4.69, 9.17) is 5.73 Å². The highest BCUT2D eigenvalue weighted by Gasteiger charge is 2.03. The lowest BCUT2D eigenvalue weighted by Crippen LogP contribution is -2.22. The Labute approximate surface area is 142 Å². The van der Waals surface area contributed by atoms with Crippen molar-refractivity contribution in [2.45, 2.75) is 32.7 Å². The van der Waals surface area contributed by atoms with E-state index in [9.17, 15) is 0 Å². The zero-order valence-corrected chi connectivity index (χ0v) is 14.1. The Morgan fingerprint density at radius 2 is 2.04 bits per heavy atom. The first-order valence-electron chi connectivity index (χ1n) is 8.25. The van der Waals surface area contributed by atoms with Crippen molar-refractivity contribution in [1.29, 1.82) is 0 Å². The van der Waals surface area contributed by atoms with Crippen molar-refractivity contribution in [1.82, 2.24) is 9.38 Å². The molecule has 1 aromatic carbocycles. The number of nitrogens with two attached hydrogens (primary N) is 1. The van der Waals surface area contributed by atoms with Crippen LogP contribution in [0.4, 0.5) is 5.69 Å². The van der Waals surface area contributed by atoms with Gasteiger partial charge in [0.15, 0.2) is 5.96 Å². The molecule has 24 heavy (non-hydrogen) atoms. The number of aliphatic imine (C=N–C) groups is 1. The fourth-order valence-corrected chi connectivity index (χ4v) is 2.55. The van der Waals surface area contributed by atoms with Crippen molar-refractivity contribution in [2.24, 2.45) is 10.7 Å². The summed E-state index contributed by atoms with van der Waals surface area (Å²) < 4.78 is 1.97. The monoisotopic (exact) mass is 321 g/mol. The van der Waals surface area contributed by atoms with Crippen LogP contribution in [0, 0.1) is 0 Å². The van der Waals surface area contributed by atoms with Crippen LogP contribution in [0.15, 0.2) is 59.9 Å². The summed E-state index contributed by atoms with van der Waals surface area (Å²) in [4.78, 5) is 8.87. The molecule has 0 spiro atoms. The van der Waals surface area contributed by atoms with Crippen molar-refractivity contribution in [3.05, 3.63) is 66.1 Å². The summed E-state index contributed by atoms with van der Waals surface area (Å²) in [6.45, 7) is 4.87. The molecule has 3 rings (SSSR count). The quantitative estimate of drug-likeness (QED) is 0.555. The third kappa shape index (κ3) is 3.74. The average molecular weight is 321 g/mol. The van der Waals surface area contributed by atoms with Crippen molar-refractivity contribution >= 4 is 17.3 Å². The summed E-state index contributed by atoms with van der Waals surface area (Å²) in [7, 11) is 0.